The number of anilines is 1. The molecule has 142 valence electrons. The van der Waals surface area contributed by atoms with E-state index < -0.39 is 6.10 Å². The number of nitrogens with two attached hydrogens (primary N) is 1. The number of para-hydroxylation sites is 2. The number of aromatic nitrogens is 2. The lowest BCUT2D eigenvalue weighted by Crippen LogP contribution is -2.37. The lowest BCUT2D eigenvalue weighted by molar-refractivity contribution is -0.648. The monoisotopic (exact) mass is 374 g/mol. The Balaban J connectivity index is 1.69. The minimum atomic E-state index is -0.672. The minimum absolute atomic E-state index is 0.375. The van der Waals surface area contributed by atoms with Gasteiger partial charge in [-0.2, -0.15) is 0 Å². The fraction of sp³-hybridized carbons (Fsp3) is 0.174. The summed E-state index contributed by atoms with van der Waals surface area (Å²) in [6, 6.07) is 25.8. The van der Waals surface area contributed by atoms with Crippen molar-refractivity contribution in [1.29, 1.82) is 0 Å². The molecule has 0 radical (unpaired) electrons. The average molecular weight is 374 g/mol. The molecular formula is C23H24N3O2+. The van der Waals surface area contributed by atoms with Crippen molar-refractivity contribution in [3.8, 4) is 5.75 Å². The minimum Gasteiger partial charge on any atom is -0.497 e. The molecule has 0 aliphatic carbocycles. The standard InChI is InChI=1S/C23H23N3O2/c1-28-19-13-11-18(12-14-19)22(27)16-26-21-10-6-5-9-20(21)25(23(26)24)15-17-7-3-2-4-8-17/h2-14,22,24,27H,15-16H2,1H3/p+1/t22-/m0/s1. The molecular weight excluding hydrogens is 350 g/mol. The zero-order valence-corrected chi connectivity index (χ0v) is 15.8. The third kappa shape index (κ3) is 3.44. The van der Waals surface area contributed by atoms with Crippen LogP contribution in [0.1, 0.15) is 17.2 Å². The number of fused-ring (bicyclic) bond motifs is 1. The summed E-state index contributed by atoms with van der Waals surface area (Å²) >= 11 is 0. The van der Waals surface area contributed by atoms with Crippen molar-refractivity contribution in [1.82, 2.24) is 4.57 Å². The van der Waals surface area contributed by atoms with E-state index in [1.54, 1.807) is 7.11 Å². The van der Waals surface area contributed by atoms with Crippen LogP contribution in [0.3, 0.4) is 0 Å². The third-order valence-corrected chi connectivity index (χ3v) is 5.06. The Labute approximate surface area is 164 Å². The second-order valence-electron chi connectivity index (χ2n) is 6.82. The van der Waals surface area contributed by atoms with Crippen molar-refractivity contribution in [3.05, 3.63) is 90.0 Å². The molecule has 1 heterocycles. The Bertz CT molecular complexity index is 1070. The number of methoxy groups -OCH3 is 1. The maximum absolute atomic E-state index is 10.8. The van der Waals surface area contributed by atoms with Crippen LogP contribution >= 0.6 is 0 Å². The molecule has 0 saturated carbocycles. The molecule has 0 aliphatic rings. The van der Waals surface area contributed by atoms with Gasteiger partial charge in [0.2, 0.25) is 0 Å². The molecule has 0 unspecified atom stereocenters. The van der Waals surface area contributed by atoms with Crippen LogP contribution < -0.4 is 15.0 Å². The summed E-state index contributed by atoms with van der Waals surface area (Å²) in [5.41, 5.74) is 10.6. The first-order valence-electron chi connectivity index (χ1n) is 9.30. The Morgan fingerprint density at radius 1 is 0.964 bits per heavy atom. The summed E-state index contributed by atoms with van der Waals surface area (Å²) in [6.07, 6.45) is -0.672. The predicted octanol–water partition coefficient (Wildman–Crippen LogP) is 3.30. The highest BCUT2D eigenvalue weighted by Crippen LogP contribution is 2.23. The molecule has 0 bridgehead atoms. The van der Waals surface area contributed by atoms with E-state index in [0.29, 0.717) is 19.0 Å². The Kier molecular flexibility index (Phi) is 5.00. The largest absolute Gasteiger partial charge is 0.497 e. The van der Waals surface area contributed by atoms with E-state index in [1.165, 1.54) is 5.56 Å². The van der Waals surface area contributed by atoms with Gasteiger partial charge < -0.3 is 9.84 Å². The van der Waals surface area contributed by atoms with E-state index in [4.69, 9.17) is 10.5 Å². The van der Waals surface area contributed by atoms with Crippen molar-refractivity contribution >= 4 is 17.0 Å². The van der Waals surface area contributed by atoms with Gasteiger partial charge in [0.05, 0.1) is 13.7 Å². The molecule has 28 heavy (non-hydrogen) atoms. The van der Waals surface area contributed by atoms with E-state index in [-0.39, 0.29) is 0 Å². The number of nitrogens with zero attached hydrogens (tertiary/aromatic N) is 2. The molecule has 4 rings (SSSR count). The predicted molar refractivity (Wildman–Crippen MR) is 110 cm³/mol. The number of aliphatic hydroxyl groups excluding tert-OH is 1. The van der Waals surface area contributed by atoms with Crippen molar-refractivity contribution in [3.63, 3.8) is 0 Å². The zero-order valence-electron chi connectivity index (χ0n) is 15.8. The van der Waals surface area contributed by atoms with E-state index in [2.05, 4.69) is 22.8 Å². The summed E-state index contributed by atoms with van der Waals surface area (Å²) in [7, 11) is 1.63. The number of hydrogen-bond acceptors (Lipinski definition) is 3. The summed E-state index contributed by atoms with van der Waals surface area (Å²) in [5.74, 6) is 1.39. The maximum Gasteiger partial charge on any atom is 0.356 e. The molecule has 0 spiro atoms. The molecule has 5 heteroatoms. The van der Waals surface area contributed by atoms with Crippen LogP contribution in [0.2, 0.25) is 0 Å². The molecule has 1 aromatic heterocycles. The molecule has 3 N–H and O–H groups in total. The second-order valence-corrected chi connectivity index (χ2v) is 6.82. The third-order valence-electron chi connectivity index (χ3n) is 5.06. The van der Waals surface area contributed by atoms with Gasteiger partial charge in [-0.15, -0.1) is 0 Å². The van der Waals surface area contributed by atoms with E-state index in [0.717, 1.165) is 22.3 Å². The van der Waals surface area contributed by atoms with Gasteiger partial charge in [0.25, 0.3) is 0 Å². The van der Waals surface area contributed by atoms with Gasteiger partial charge in [-0.25, -0.2) is 9.13 Å². The number of imidazole rings is 1. The number of ether oxygens (including phenoxy) is 1. The van der Waals surface area contributed by atoms with E-state index in [1.807, 2.05) is 65.2 Å². The van der Waals surface area contributed by atoms with Gasteiger partial charge in [0.1, 0.15) is 29.4 Å². The van der Waals surface area contributed by atoms with Crippen LogP contribution in [-0.4, -0.2) is 16.8 Å². The highest BCUT2D eigenvalue weighted by atomic mass is 16.5. The summed E-state index contributed by atoms with van der Waals surface area (Å²) in [6.45, 7) is 1.05. The first-order chi connectivity index (χ1) is 13.7. The molecule has 5 nitrogen and oxygen atoms in total. The number of rotatable bonds is 6. The summed E-state index contributed by atoms with van der Waals surface area (Å²) < 4.78 is 9.26. The molecule has 1 atom stereocenters. The molecule has 0 amide bonds. The van der Waals surface area contributed by atoms with Gasteiger partial charge in [-0.3, -0.25) is 5.73 Å². The van der Waals surface area contributed by atoms with Crippen LogP contribution in [0.15, 0.2) is 78.9 Å². The van der Waals surface area contributed by atoms with Gasteiger partial charge in [-0.1, -0.05) is 54.6 Å². The van der Waals surface area contributed by atoms with Gasteiger partial charge in [0, 0.05) is 0 Å². The van der Waals surface area contributed by atoms with E-state index in [9.17, 15) is 5.11 Å². The number of aliphatic hydroxyl groups is 1. The molecule has 0 fully saturated rings. The Hall–Kier alpha value is -3.31. The van der Waals surface area contributed by atoms with Crippen molar-refractivity contribution < 1.29 is 14.4 Å². The first-order valence-corrected chi connectivity index (χ1v) is 9.30. The number of benzene rings is 3. The van der Waals surface area contributed by atoms with Crippen LogP contribution in [0, 0.1) is 0 Å². The van der Waals surface area contributed by atoms with Gasteiger partial charge in [-0.05, 0) is 35.4 Å². The lowest BCUT2D eigenvalue weighted by atomic mass is 10.1. The number of hydrogen-bond donors (Lipinski definition) is 2. The van der Waals surface area contributed by atoms with Gasteiger partial charge in [0.15, 0.2) is 0 Å². The van der Waals surface area contributed by atoms with Gasteiger partial charge >= 0.3 is 5.95 Å². The summed E-state index contributed by atoms with van der Waals surface area (Å²) in [4.78, 5) is 0. The number of nitrogen functional groups attached to an aromatic ring is 1. The fourth-order valence-electron chi connectivity index (χ4n) is 3.54. The zero-order chi connectivity index (χ0) is 19.5. The summed E-state index contributed by atoms with van der Waals surface area (Å²) in [5, 5.41) is 10.8. The smallest absolute Gasteiger partial charge is 0.356 e. The Morgan fingerprint density at radius 2 is 1.64 bits per heavy atom. The van der Waals surface area contributed by atoms with Crippen molar-refractivity contribution in [2.45, 2.75) is 19.2 Å². The molecule has 4 aromatic rings. The van der Waals surface area contributed by atoms with Crippen LogP contribution in [-0.2, 0) is 13.1 Å². The SMILES string of the molecule is COc1ccc([C@@H](O)Cn2c(N)[n+](Cc3ccccc3)c3ccccc32)cc1. The second kappa shape index (κ2) is 7.74. The van der Waals surface area contributed by atoms with Crippen molar-refractivity contribution in [2.24, 2.45) is 0 Å². The quantitative estimate of drug-likeness (QED) is 0.509. The van der Waals surface area contributed by atoms with Crippen LogP contribution in [0.25, 0.3) is 11.0 Å². The normalized spacial score (nSPS) is 12.2. The Morgan fingerprint density at radius 3 is 2.36 bits per heavy atom. The lowest BCUT2D eigenvalue weighted by Gasteiger charge is -2.11. The molecule has 0 saturated heterocycles. The molecule has 0 aliphatic heterocycles. The highest BCUT2D eigenvalue weighted by molar-refractivity contribution is 5.74. The molecule has 3 aromatic carbocycles. The topological polar surface area (TPSA) is 64.3 Å². The maximum atomic E-state index is 10.8. The first kappa shape index (κ1) is 18.1. The van der Waals surface area contributed by atoms with Crippen LogP contribution in [0.4, 0.5) is 5.95 Å². The van der Waals surface area contributed by atoms with Crippen molar-refractivity contribution in [2.75, 3.05) is 12.8 Å². The average Bonchev–Trinajstić information content (AvgIpc) is 3.00. The van der Waals surface area contributed by atoms with E-state index >= 15 is 0 Å². The fourth-order valence-corrected chi connectivity index (χ4v) is 3.54. The van der Waals surface area contributed by atoms with Crippen LogP contribution in [0.5, 0.6) is 5.75 Å². The highest BCUT2D eigenvalue weighted by Gasteiger charge is 2.23.